The molecule has 0 saturated carbocycles. The number of amides is 1. The second kappa shape index (κ2) is 12.1. The number of halogens is 3. The van der Waals surface area contributed by atoms with Crippen molar-refractivity contribution in [3.05, 3.63) is 83.5 Å². The molecule has 0 unspecified atom stereocenters. The zero-order valence-electron chi connectivity index (χ0n) is 23.4. The van der Waals surface area contributed by atoms with E-state index in [1.807, 2.05) is 31.2 Å². The highest BCUT2D eigenvalue weighted by molar-refractivity contribution is 5.69. The first-order valence-electron chi connectivity index (χ1n) is 13.2. The van der Waals surface area contributed by atoms with Crippen LogP contribution in [0.5, 0.6) is 5.75 Å². The molecule has 0 spiro atoms. The van der Waals surface area contributed by atoms with Crippen LogP contribution >= 0.6 is 0 Å². The third kappa shape index (κ3) is 7.90. The van der Waals surface area contributed by atoms with Crippen LogP contribution in [0, 0.1) is 6.92 Å². The Morgan fingerprint density at radius 1 is 1.20 bits per heavy atom. The van der Waals surface area contributed by atoms with Gasteiger partial charge in [-0.05, 0) is 70.4 Å². The minimum absolute atomic E-state index is 0.00822. The molecule has 41 heavy (non-hydrogen) atoms. The molecule has 1 saturated heterocycles. The summed E-state index contributed by atoms with van der Waals surface area (Å²) in [6, 6.07) is 11.0. The topological polar surface area (TPSA) is 89.7 Å². The lowest BCUT2D eigenvalue weighted by Crippen LogP contribution is -2.37. The van der Waals surface area contributed by atoms with Gasteiger partial charge < -0.3 is 18.9 Å². The molecule has 1 N–H and O–H groups in total. The first-order valence-corrected chi connectivity index (χ1v) is 13.2. The van der Waals surface area contributed by atoms with Crippen molar-refractivity contribution in [2.45, 2.75) is 58.4 Å². The van der Waals surface area contributed by atoms with E-state index in [-0.39, 0.29) is 29.6 Å². The number of aromatic nitrogens is 2. The average molecular weight is 571 g/mol. The highest BCUT2D eigenvalue weighted by atomic mass is 19.4. The molecule has 8 nitrogen and oxygen atoms in total. The number of nitrogens with one attached hydrogen (secondary N) is 1. The highest BCUT2D eigenvalue weighted by Crippen LogP contribution is 2.39. The van der Waals surface area contributed by atoms with Gasteiger partial charge in [0.2, 0.25) is 11.7 Å². The van der Waals surface area contributed by atoms with Crippen molar-refractivity contribution in [3.63, 3.8) is 0 Å². The molecule has 218 valence electrons. The van der Waals surface area contributed by atoms with Gasteiger partial charge in [-0.2, -0.15) is 18.2 Å². The van der Waals surface area contributed by atoms with E-state index in [1.165, 1.54) is 12.1 Å². The maximum Gasteiger partial charge on any atom is 0.419 e. The molecule has 3 aromatic rings. The Bertz CT molecular complexity index is 1410. The largest absolute Gasteiger partial charge is 0.489 e. The predicted octanol–water partition coefficient (Wildman–Crippen LogP) is 7.29. The molecule has 2 aromatic carbocycles. The molecule has 11 heteroatoms. The van der Waals surface area contributed by atoms with Crippen LogP contribution in [0.3, 0.4) is 0 Å². The Morgan fingerprint density at radius 2 is 1.93 bits per heavy atom. The van der Waals surface area contributed by atoms with E-state index < -0.39 is 29.5 Å². The van der Waals surface area contributed by atoms with Gasteiger partial charge >= 0.3 is 12.3 Å². The maximum absolute atomic E-state index is 13.9. The van der Waals surface area contributed by atoms with Crippen molar-refractivity contribution >= 4 is 12.2 Å². The molecule has 1 aliphatic heterocycles. The number of nitrogens with zero attached hydrogens (tertiary/aromatic N) is 3. The van der Waals surface area contributed by atoms with Gasteiger partial charge in [0.15, 0.2) is 0 Å². The molecule has 1 atom stereocenters. The van der Waals surface area contributed by atoms with Crippen molar-refractivity contribution in [2.24, 2.45) is 0 Å². The van der Waals surface area contributed by atoms with Crippen LogP contribution in [0.15, 0.2) is 65.5 Å². The Balaban J connectivity index is 1.47. The predicted molar refractivity (Wildman–Crippen MR) is 148 cm³/mol. The van der Waals surface area contributed by atoms with Crippen LogP contribution < -0.4 is 10.1 Å². The number of alkyl halides is 3. The summed E-state index contributed by atoms with van der Waals surface area (Å²) >= 11 is 0. The fourth-order valence-corrected chi connectivity index (χ4v) is 4.34. The zero-order chi connectivity index (χ0) is 29.8. The molecule has 0 aliphatic carbocycles. The van der Waals surface area contributed by atoms with Gasteiger partial charge in [0.1, 0.15) is 29.8 Å². The average Bonchev–Trinajstić information content (AvgIpc) is 3.56. The molecule has 2 heterocycles. The van der Waals surface area contributed by atoms with Crippen molar-refractivity contribution in [1.29, 1.82) is 0 Å². The van der Waals surface area contributed by atoms with Crippen LogP contribution in [-0.2, 0) is 10.9 Å². The number of carbonyl (C=O) groups excluding carboxylic acids is 1. The van der Waals surface area contributed by atoms with Crippen LogP contribution in [0.25, 0.3) is 17.5 Å². The zero-order valence-corrected chi connectivity index (χ0v) is 23.4. The van der Waals surface area contributed by atoms with Crippen molar-refractivity contribution in [2.75, 3.05) is 13.2 Å². The first kappa shape index (κ1) is 29.7. The Hall–Kier alpha value is -4.28. The number of ether oxygens (including phenoxy) is 2. The summed E-state index contributed by atoms with van der Waals surface area (Å²) in [7, 11) is 0. The van der Waals surface area contributed by atoms with Crippen molar-refractivity contribution in [3.8, 4) is 17.1 Å². The number of benzene rings is 2. The van der Waals surface area contributed by atoms with E-state index in [1.54, 1.807) is 37.8 Å². The van der Waals surface area contributed by atoms with Crippen molar-refractivity contribution < 1.29 is 32.0 Å². The molecule has 1 aliphatic rings. The fourth-order valence-electron chi connectivity index (χ4n) is 4.34. The van der Waals surface area contributed by atoms with E-state index in [9.17, 15) is 18.0 Å². The smallest absolute Gasteiger partial charge is 0.419 e. The first-order chi connectivity index (χ1) is 19.3. The lowest BCUT2D eigenvalue weighted by Gasteiger charge is -2.27. The van der Waals surface area contributed by atoms with Gasteiger partial charge in [-0.3, -0.25) is 5.32 Å². The third-order valence-electron chi connectivity index (χ3n) is 6.24. The number of hydrogen-bond acceptors (Lipinski definition) is 7. The number of likely N-dealkylation sites (tertiary alicyclic amines) is 1. The van der Waals surface area contributed by atoms with Crippen molar-refractivity contribution in [1.82, 2.24) is 20.4 Å². The second-order valence-corrected chi connectivity index (χ2v) is 10.7. The minimum atomic E-state index is -4.66. The van der Waals surface area contributed by atoms with Gasteiger partial charge in [0, 0.05) is 12.1 Å². The standard InChI is InChI=1S/C30H33F3N4O4/c1-19-10-12-21(13-11-19)8-7-17-39-25-15-14-22(18-23(25)30(31,32)33)26-35-27(41-36-26)24-9-6-16-37(24)20(2)34-28(38)40-29(3,4)5/h7-8,10-15,18,24H,2,6,9,16-17H2,1,3-5H3,(H,34,38)/b8-7-/t24-/m0/s1. The summed E-state index contributed by atoms with van der Waals surface area (Å²) in [5, 5.41) is 6.54. The number of alkyl carbamates (subject to hydrolysis) is 1. The summed E-state index contributed by atoms with van der Waals surface area (Å²) in [6.45, 7) is 11.7. The SMILES string of the molecule is C=C(NC(=O)OC(C)(C)C)N1CCC[C@H]1c1nc(-c2ccc(OC/C=C\c3ccc(C)cc3)c(C(F)(F)F)c2)no1. The minimum Gasteiger partial charge on any atom is -0.489 e. The van der Waals surface area contributed by atoms with Gasteiger partial charge in [-0.15, -0.1) is 0 Å². The molecule has 4 rings (SSSR count). The normalized spacial score (nSPS) is 15.8. The molecule has 0 radical (unpaired) electrons. The van der Waals surface area contributed by atoms with Crippen LogP contribution in [0.2, 0.25) is 0 Å². The van der Waals surface area contributed by atoms with E-state index in [4.69, 9.17) is 14.0 Å². The number of aryl methyl sites for hydroxylation is 1. The number of rotatable bonds is 8. The summed E-state index contributed by atoms with van der Waals surface area (Å²) < 4.78 is 58.0. The summed E-state index contributed by atoms with van der Waals surface area (Å²) in [5.41, 5.74) is 0.545. The van der Waals surface area contributed by atoms with E-state index in [2.05, 4.69) is 22.0 Å². The fraction of sp³-hybridized carbons (Fsp3) is 0.367. The van der Waals surface area contributed by atoms with Crippen LogP contribution in [0.4, 0.5) is 18.0 Å². The van der Waals surface area contributed by atoms with Crippen LogP contribution in [0.1, 0.15) is 62.2 Å². The third-order valence-corrected chi connectivity index (χ3v) is 6.24. The van der Waals surface area contributed by atoms with Gasteiger partial charge in [-0.25, -0.2) is 4.79 Å². The Kier molecular flexibility index (Phi) is 8.74. The molecular weight excluding hydrogens is 537 g/mol. The van der Waals surface area contributed by atoms with Gasteiger partial charge in [0.25, 0.3) is 0 Å². The molecule has 1 aromatic heterocycles. The molecular formula is C30H33F3N4O4. The highest BCUT2D eigenvalue weighted by Gasteiger charge is 2.36. The quantitative estimate of drug-likeness (QED) is 0.304. The molecule has 1 fully saturated rings. The Labute approximate surface area is 236 Å². The number of hydrogen-bond donors (Lipinski definition) is 1. The summed E-state index contributed by atoms with van der Waals surface area (Å²) in [5.74, 6) is 0.220. The lowest BCUT2D eigenvalue weighted by atomic mass is 10.1. The van der Waals surface area contributed by atoms with Gasteiger partial charge in [-0.1, -0.05) is 47.6 Å². The van der Waals surface area contributed by atoms with E-state index in [0.29, 0.717) is 18.8 Å². The Morgan fingerprint density at radius 3 is 2.61 bits per heavy atom. The number of carbonyl (C=O) groups is 1. The summed E-state index contributed by atoms with van der Waals surface area (Å²) in [4.78, 5) is 18.4. The van der Waals surface area contributed by atoms with Gasteiger partial charge in [0.05, 0.1) is 5.56 Å². The summed E-state index contributed by atoms with van der Waals surface area (Å²) in [6.07, 6.45) is -0.471. The molecule has 1 amide bonds. The second-order valence-electron chi connectivity index (χ2n) is 10.7. The molecule has 0 bridgehead atoms. The van der Waals surface area contributed by atoms with Crippen LogP contribution in [-0.4, -0.2) is 39.9 Å². The van der Waals surface area contributed by atoms with E-state index in [0.717, 1.165) is 23.6 Å². The maximum atomic E-state index is 13.9. The van der Waals surface area contributed by atoms with E-state index >= 15 is 0 Å². The monoisotopic (exact) mass is 570 g/mol. The lowest BCUT2D eigenvalue weighted by molar-refractivity contribution is -0.138.